The molecule has 3 aromatic carbocycles. The first-order valence-electron chi connectivity index (χ1n) is 10.2. The molecular weight excluding hydrogens is 457 g/mol. The molecule has 0 saturated carbocycles. The van der Waals surface area contributed by atoms with Crippen molar-refractivity contribution in [2.75, 3.05) is 33.3 Å². The predicted molar refractivity (Wildman–Crippen MR) is 117 cm³/mol. The van der Waals surface area contributed by atoms with Crippen LogP contribution >= 0.6 is 0 Å². The van der Waals surface area contributed by atoms with Gasteiger partial charge in [-0.25, -0.2) is 8.42 Å². The molecule has 0 N–H and O–H groups in total. The van der Waals surface area contributed by atoms with Crippen molar-refractivity contribution in [2.45, 2.75) is 11.1 Å². The molecule has 6 nitrogen and oxygen atoms in total. The zero-order chi connectivity index (χ0) is 23.8. The second-order valence-corrected chi connectivity index (χ2v) is 9.52. The van der Waals surface area contributed by atoms with Gasteiger partial charge < -0.3 is 9.64 Å². The van der Waals surface area contributed by atoms with Gasteiger partial charge in [-0.3, -0.25) is 4.79 Å². The Hall–Kier alpha value is -3.11. The van der Waals surface area contributed by atoms with Gasteiger partial charge in [0.05, 0.1) is 17.6 Å². The van der Waals surface area contributed by atoms with Gasteiger partial charge in [0.1, 0.15) is 5.75 Å². The number of carbonyl (C=O) groups excluding carboxylic acids is 1. The Labute approximate surface area is 189 Å². The van der Waals surface area contributed by atoms with E-state index >= 15 is 0 Å². The predicted octanol–water partition coefficient (Wildman–Crippen LogP) is 4.01. The third-order valence-corrected chi connectivity index (χ3v) is 7.59. The van der Waals surface area contributed by atoms with Gasteiger partial charge in [-0.05, 0) is 41.8 Å². The van der Waals surface area contributed by atoms with Crippen molar-refractivity contribution >= 4 is 26.7 Å². The number of fused-ring (bicyclic) bond motifs is 1. The molecule has 3 aromatic rings. The van der Waals surface area contributed by atoms with Crippen LogP contribution in [0, 0.1) is 0 Å². The molecule has 174 valence electrons. The third kappa shape index (κ3) is 4.40. The van der Waals surface area contributed by atoms with Crippen LogP contribution in [0.2, 0.25) is 0 Å². The number of amides is 1. The summed E-state index contributed by atoms with van der Waals surface area (Å²) >= 11 is 0. The SMILES string of the molecule is COc1ccc(C(=O)N2CCN(S(=O)(=O)c3ccc(C(F)(F)F)cc3)CC2)c2ccccc12. The highest BCUT2D eigenvalue weighted by Gasteiger charge is 2.33. The quantitative estimate of drug-likeness (QED) is 0.568. The molecule has 0 aromatic heterocycles. The number of methoxy groups -OCH3 is 1. The molecule has 4 rings (SSSR count). The number of alkyl halides is 3. The van der Waals surface area contributed by atoms with E-state index in [1.54, 1.807) is 24.1 Å². The maximum absolute atomic E-state index is 13.2. The minimum absolute atomic E-state index is 0.0448. The van der Waals surface area contributed by atoms with Gasteiger partial charge in [-0.15, -0.1) is 0 Å². The third-order valence-electron chi connectivity index (χ3n) is 5.68. The Morgan fingerprint density at radius 2 is 1.48 bits per heavy atom. The van der Waals surface area contributed by atoms with Crippen LogP contribution < -0.4 is 4.74 Å². The molecule has 0 radical (unpaired) electrons. The summed E-state index contributed by atoms with van der Waals surface area (Å²) in [6.07, 6.45) is -4.54. The Morgan fingerprint density at radius 1 is 0.879 bits per heavy atom. The number of hydrogen-bond acceptors (Lipinski definition) is 4. The number of halogens is 3. The van der Waals surface area contributed by atoms with Crippen LogP contribution in [0.4, 0.5) is 13.2 Å². The molecule has 1 fully saturated rings. The molecule has 1 aliphatic heterocycles. The molecule has 33 heavy (non-hydrogen) atoms. The highest BCUT2D eigenvalue weighted by molar-refractivity contribution is 7.89. The van der Waals surface area contributed by atoms with Gasteiger partial charge in [0.2, 0.25) is 10.0 Å². The van der Waals surface area contributed by atoms with Crippen LogP contribution in [0.1, 0.15) is 15.9 Å². The highest BCUT2D eigenvalue weighted by Crippen LogP contribution is 2.31. The summed E-state index contributed by atoms with van der Waals surface area (Å²) in [7, 11) is -2.42. The average molecular weight is 478 g/mol. The second kappa shape index (κ2) is 8.68. The normalized spacial score (nSPS) is 15.6. The number of ether oxygens (including phenoxy) is 1. The number of carbonyl (C=O) groups is 1. The van der Waals surface area contributed by atoms with E-state index in [0.29, 0.717) is 11.3 Å². The van der Waals surface area contributed by atoms with Gasteiger partial charge in [0.25, 0.3) is 5.91 Å². The van der Waals surface area contributed by atoms with Crippen LogP contribution in [0.15, 0.2) is 65.6 Å². The molecule has 1 saturated heterocycles. The lowest BCUT2D eigenvalue weighted by molar-refractivity contribution is -0.137. The number of hydrogen-bond donors (Lipinski definition) is 0. The summed E-state index contributed by atoms with van der Waals surface area (Å²) in [4.78, 5) is 14.5. The van der Waals surface area contributed by atoms with Gasteiger partial charge in [0.15, 0.2) is 0 Å². The largest absolute Gasteiger partial charge is 0.496 e. The number of rotatable bonds is 4. The fraction of sp³-hybridized carbons (Fsp3) is 0.261. The Bertz CT molecular complexity index is 1280. The lowest BCUT2D eigenvalue weighted by Gasteiger charge is -2.34. The molecule has 0 aliphatic carbocycles. The summed E-state index contributed by atoms with van der Waals surface area (Å²) in [6, 6.07) is 14.2. The first kappa shape index (κ1) is 23.1. The number of sulfonamides is 1. The maximum Gasteiger partial charge on any atom is 0.416 e. The van der Waals surface area contributed by atoms with Crippen molar-refractivity contribution in [3.8, 4) is 5.75 Å². The zero-order valence-corrected chi connectivity index (χ0v) is 18.5. The molecule has 1 amide bonds. The van der Waals surface area contributed by atoms with Gasteiger partial charge in [0, 0.05) is 37.1 Å². The fourth-order valence-electron chi connectivity index (χ4n) is 3.90. The van der Waals surface area contributed by atoms with Crippen LogP contribution in [-0.4, -0.2) is 56.8 Å². The monoisotopic (exact) mass is 478 g/mol. The van der Waals surface area contributed by atoms with Crippen molar-refractivity contribution in [3.05, 3.63) is 71.8 Å². The van der Waals surface area contributed by atoms with Crippen molar-refractivity contribution < 1.29 is 31.1 Å². The van der Waals surface area contributed by atoms with E-state index < -0.39 is 21.8 Å². The van der Waals surface area contributed by atoms with E-state index in [9.17, 15) is 26.4 Å². The van der Waals surface area contributed by atoms with Gasteiger partial charge in [-0.1, -0.05) is 24.3 Å². The fourth-order valence-corrected chi connectivity index (χ4v) is 5.32. The number of piperazine rings is 1. The first-order chi connectivity index (χ1) is 15.6. The molecule has 1 aliphatic rings. The summed E-state index contributed by atoms with van der Waals surface area (Å²) in [6.45, 7) is 0.421. The number of benzene rings is 3. The van der Waals surface area contributed by atoms with Crippen molar-refractivity contribution in [3.63, 3.8) is 0 Å². The molecule has 0 atom stereocenters. The van der Waals surface area contributed by atoms with E-state index in [-0.39, 0.29) is 37.0 Å². The maximum atomic E-state index is 13.2. The van der Waals surface area contributed by atoms with E-state index in [2.05, 4.69) is 0 Å². The first-order valence-corrected chi connectivity index (χ1v) is 11.6. The highest BCUT2D eigenvalue weighted by atomic mass is 32.2. The van der Waals surface area contributed by atoms with Gasteiger partial charge >= 0.3 is 6.18 Å². The smallest absolute Gasteiger partial charge is 0.416 e. The minimum Gasteiger partial charge on any atom is -0.496 e. The summed E-state index contributed by atoms with van der Waals surface area (Å²) < 4.78 is 70.6. The van der Waals surface area contributed by atoms with E-state index in [4.69, 9.17) is 4.74 Å². The Morgan fingerprint density at radius 3 is 2.06 bits per heavy atom. The Kier molecular flexibility index (Phi) is 6.06. The summed E-state index contributed by atoms with van der Waals surface area (Å²) in [5.41, 5.74) is -0.422. The minimum atomic E-state index is -4.54. The standard InChI is InChI=1S/C23H21F3N2O4S/c1-32-21-11-10-20(18-4-2-3-5-19(18)21)22(29)27-12-14-28(15-13-27)33(30,31)17-8-6-16(7-9-17)23(24,25)26/h2-11H,12-15H2,1H3. The molecule has 10 heteroatoms. The van der Waals surface area contributed by atoms with Crippen molar-refractivity contribution in [1.82, 2.24) is 9.21 Å². The molecule has 0 unspecified atom stereocenters. The lowest BCUT2D eigenvalue weighted by atomic mass is 10.0. The zero-order valence-electron chi connectivity index (χ0n) is 17.7. The molecular formula is C23H21F3N2O4S. The van der Waals surface area contributed by atoms with E-state index in [0.717, 1.165) is 35.0 Å². The number of nitrogens with zero attached hydrogens (tertiary/aromatic N) is 2. The lowest BCUT2D eigenvalue weighted by Crippen LogP contribution is -2.50. The molecule has 1 heterocycles. The Balaban J connectivity index is 1.50. The van der Waals surface area contributed by atoms with Crippen molar-refractivity contribution in [1.29, 1.82) is 0 Å². The topological polar surface area (TPSA) is 66.9 Å². The van der Waals surface area contributed by atoms with E-state index in [1.807, 2.05) is 24.3 Å². The van der Waals surface area contributed by atoms with Crippen LogP contribution in [0.3, 0.4) is 0 Å². The average Bonchev–Trinajstić information content (AvgIpc) is 2.82. The second-order valence-electron chi connectivity index (χ2n) is 7.58. The van der Waals surface area contributed by atoms with Crippen LogP contribution in [-0.2, 0) is 16.2 Å². The van der Waals surface area contributed by atoms with Crippen LogP contribution in [0.25, 0.3) is 10.8 Å². The van der Waals surface area contributed by atoms with E-state index in [1.165, 1.54) is 4.31 Å². The molecule has 0 spiro atoms. The summed E-state index contributed by atoms with van der Waals surface area (Å²) in [5, 5.41) is 1.54. The van der Waals surface area contributed by atoms with Gasteiger partial charge in [-0.2, -0.15) is 17.5 Å². The van der Waals surface area contributed by atoms with Crippen LogP contribution in [0.5, 0.6) is 5.75 Å². The molecule has 0 bridgehead atoms. The summed E-state index contributed by atoms with van der Waals surface area (Å²) in [5.74, 6) is 0.426. The van der Waals surface area contributed by atoms with Crippen molar-refractivity contribution in [2.24, 2.45) is 0 Å².